The molecule has 0 saturated heterocycles. The van der Waals surface area contributed by atoms with Crippen LogP contribution in [0.5, 0.6) is 0 Å². The van der Waals surface area contributed by atoms with Crippen LogP contribution in [0, 0.1) is 0 Å². The van der Waals surface area contributed by atoms with Gasteiger partial charge in [0.15, 0.2) is 0 Å². The number of hydrogen-bond acceptors (Lipinski definition) is 2. The van der Waals surface area contributed by atoms with Gasteiger partial charge in [0.25, 0.3) is 0 Å². The van der Waals surface area contributed by atoms with E-state index in [-0.39, 0.29) is 6.04 Å². The fourth-order valence-electron chi connectivity index (χ4n) is 1.68. The molecule has 0 aliphatic rings. The van der Waals surface area contributed by atoms with E-state index in [9.17, 15) is 0 Å². The second-order valence-corrected chi connectivity index (χ2v) is 3.73. The normalized spacial score (nSPS) is 12.6. The monoisotopic (exact) mass is 201 g/mol. The van der Waals surface area contributed by atoms with Crippen LogP contribution in [0.15, 0.2) is 53.1 Å². The van der Waals surface area contributed by atoms with Crippen LogP contribution in [-0.2, 0) is 12.8 Å². The molecule has 2 N–H and O–H groups in total. The summed E-state index contributed by atoms with van der Waals surface area (Å²) >= 11 is 0. The van der Waals surface area contributed by atoms with Gasteiger partial charge < -0.3 is 10.2 Å². The van der Waals surface area contributed by atoms with Crippen molar-refractivity contribution in [3.8, 4) is 0 Å². The Kier molecular flexibility index (Phi) is 3.20. The predicted molar refractivity (Wildman–Crippen MR) is 60.5 cm³/mol. The summed E-state index contributed by atoms with van der Waals surface area (Å²) in [6.07, 6.45) is 3.37. The maximum Gasteiger partial charge on any atom is 0.105 e. The average molecular weight is 201 g/mol. The molecular formula is C13H15NO. The molecule has 2 nitrogen and oxygen atoms in total. The van der Waals surface area contributed by atoms with Crippen LogP contribution in [0.2, 0.25) is 0 Å². The van der Waals surface area contributed by atoms with Gasteiger partial charge in [0, 0.05) is 12.5 Å². The Balaban J connectivity index is 1.90. The van der Waals surface area contributed by atoms with Crippen molar-refractivity contribution in [1.82, 2.24) is 0 Å². The van der Waals surface area contributed by atoms with Crippen molar-refractivity contribution < 1.29 is 4.42 Å². The molecule has 1 unspecified atom stereocenters. The predicted octanol–water partition coefficient (Wildman–Crippen LogP) is 2.39. The molecule has 1 heterocycles. The Morgan fingerprint density at radius 3 is 2.47 bits per heavy atom. The van der Waals surface area contributed by atoms with Gasteiger partial charge in [-0.3, -0.25) is 0 Å². The molecule has 0 amide bonds. The van der Waals surface area contributed by atoms with Crippen LogP contribution in [0.3, 0.4) is 0 Å². The molecule has 0 bridgehead atoms. The molecule has 1 aromatic carbocycles. The summed E-state index contributed by atoms with van der Waals surface area (Å²) in [7, 11) is 0. The van der Waals surface area contributed by atoms with Crippen LogP contribution < -0.4 is 5.73 Å². The lowest BCUT2D eigenvalue weighted by Crippen LogP contribution is -2.25. The number of hydrogen-bond donors (Lipinski definition) is 1. The highest BCUT2D eigenvalue weighted by Gasteiger charge is 2.06. The first kappa shape index (κ1) is 9.99. The summed E-state index contributed by atoms with van der Waals surface area (Å²) in [5.74, 6) is 0.957. The Morgan fingerprint density at radius 2 is 1.80 bits per heavy atom. The molecule has 2 rings (SSSR count). The number of nitrogens with two attached hydrogens (primary N) is 1. The third-order valence-electron chi connectivity index (χ3n) is 2.38. The Hall–Kier alpha value is -1.54. The standard InChI is InChI=1S/C13H15NO/c14-12(10-13-7-4-8-15-13)9-11-5-2-1-3-6-11/h1-8,12H,9-10,14H2. The van der Waals surface area contributed by atoms with Gasteiger partial charge in [-0.15, -0.1) is 0 Å². The van der Waals surface area contributed by atoms with Crippen molar-refractivity contribution in [3.05, 3.63) is 60.1 Å². The molecule has 0 fully saturated rings. The SMILES string of the molecule is NC(Cc1ccccc1)Cc1ccco1. The van der Waals surface area contributed by atoms with Gasteiger partial charge in [0.2, 0.25) is 0 Å². The fraction of sp³-hybridized carbons (Fsp3) is 0.231. The molecule has 1 aromatic heterocycles. The van der Waals surface area contributed by atoms with Crippen LogP contribution >= 0.6 is 0 Å². The first-order valence-electron chi connectivity index (χ1n) is 5.16. The fourth-order valence-corrected chi connectivity index (χ4v) is 1.68. The minimum absolute atomic E-state index is 0.124. The average Bonchev–Trinajstić information content (AvgIpc) is 2.71. The molecule has 0 aliphatic carbocycles. The van der Waals surface area contributed by atoms with Gasteiger partial charge in [-0.2, -0.15) is 0 Å². The van der Waals surface area contributed by atoms with E-state index in [1.165, 1.54) is 5.56 Å². The molecule has 1 atom stereocenters. The quantitative estimate of drug-likeness (QED) is 0.825. The second kappa shape index (κ2) is 4.80. The van der Waals surface area contributed by atoms with E-state index >= 15 is 0 Å². The van der Waals surface area contributed by atoms with E-state index < -0.39 is 0 Å². The summed E-state index contributed by atoms with van der Waals surface area (Å²) in [5, 5.41) is 0. The van der Waals surface area contributed by atoms with E-state index in [2.05, 4.69) is 12.1 Å². The third-order valence-corrected chi connectivity index (χ3v) is 2.38. The molecular weight excluding hydrogens is 186 g/mol. The molecule has 0 aliphatic heterocycles. The summed E-state index contributed by atoms with van der Waals surface area (Å²) < 4.78 is 5.26. The maximum absolute atomic E-state index is 6.04. The van der Waals surface area contributed by atoms with Crippen molar-refractivity contribution in [2.45, 2.75) is 18.9 Å². The topological polar surface area (TPSA) is 39.2 Å². The van der Waals surface area contributed by atoms with E-state index in [4.69, 9.17) is 10.2 Å². The molecule has 0 saturated carbocycles. The highest BCUT2D eigenvalue weighted by molar-refractivity contribution is 5.16. The van der Waals surface area contributed by atoms with Crippen molar-refractivity contribution in [3.63, 3.8) is 0 Å². The summed E-state index contributed by atoms with van der Waals surface area (Å²) in [5.41, 5.74) is 7.31. The molecule has 0 radical (unpaired) electrons. The third kappa shape index (κ3) is 2.96. The highest BCUT2D eigenvalue weighted by atomic mass is 16.3. The van der Waals surface area contributed by atoms with Crippen molar-refractivity contribution >= 4 is 0 Å². The van der Waals surface area contributed by atoms with Gasteiger partial charge in [-0.25, -0.2) is 0 Å². The Bertz CT molecular complexity index is 380. The zero-order chi connectivity index (χ0) is 10.5. The summed E-state index contributed by atoms with van der Waals surface area (Å²) in [6, 6.07) is 14.3. The first-order chi connectivity index (χ1) is 7.34. The molecule has 0 spiro atoms. The zero-order valence-corrected chi connectivity index (χ0v) is 8.60. The van der Waals surface area contributed by atoms with Crippen LogP contribution in [0.1, 0.15) is 11.3 Å². The van der Waals surface area contributed by atoms with Crippen LogP contribution in [0.25, 0.3) is 0 Å². The van der Waals surface area contributed by atoms with Crippen molar-refractivity contribution in [2.75, 3.05) is 0 Å². The Morgan fingerprint density at radius 1 is 1.00 bits per heavy atom. The van der Waals surface area contributed by atoms with Gasteiger partial charge >= 0.3 is 0 Å². The van der Waals surface area contributed by atoms with Crippen LogP contribution in [0.4, 0.5) is 0 Å². The minimum atomic E-state index is 0.124. The summed E-state index contributed by atoms with van der Waals surface area (Å²) in [6.45, 7) is 0. The largest absolute Gasteiger partial charge is 0.469 e. The minimum Gasteiger partial charge on any atom is -0.469 e. The van der Waals surface area contributed by atoms with E-state index in [1.807, 2.05) is 30.3 Å². The molecule has 2 heteroatoms. The molecule has 78 valence electrons. The maximum atomic E-state index is 6.04. The first-order valence-corrected chi connectivity index (χ1v) is 5.16. The molecule has 15 heavy (non-hydrogen) atoms. The number of furan rings is 1. The molecule has 2 aromatic rings. The number of rotatable bonds is 4. The van der Waals surface area contributed by atoms with Gasteiger partial charge in [0.05, 0.1) is 6.26 Å². The van der Waals surface area contributed by atoms with E-state index in [0.29, 0.717) is 0 Å². The van der Waals surface area contributed by atoms with Crippen molar-refractivity contribution in [1.29, 1.82) is 0 Å². The lowest BCUT2D eigenvalue weighted by molar-refractivity contribution is 0.483. The Labute approximate surface area is 89.7 Å². The lowest BCUT2D eigenvalue weighted by atomic mass is 10.0. The number of benzene rings is 1. The second-order valence-electron chi connectivity index (χ2n) is 3.73. The lowest BCUT2D eigenvalue weighted by Gasteiger charge is -2.09. The van der Waals surface area contributed by atoms with Crippen molar-refractivity contribution in [2.24, 2.45) is 5.73 Å². The van der Waals surface area contributed by atoms with Gasteiger partial charge in [0.1, 0.15) is 5.76 Å². The smallest absolute Gasteiger partial charge is 0.105 e. The van der Waals surface area contributed by atoms with E-state index in [0.717, 1.165) is 18.6 Å². The van der Waals surface area contributed by atoms with E-state index in [1.54, 1.807) is 6.26 Å². The van der Waals surface area contributed by atoms with Crippen LogP contribution in [-0.4, -0.2) is 6.04 Å². The van der Waals surface area contributed by atoms with Gasteiger partial charge in [-0.1, -0.05) is 30.3 Å². The zero-order valence-electron chi connectivity index (χ0n) is 8.60. The highest BCUT2D eigenvalue weighted by Crippen LogP contribution is 2.07. The summed E-state index contributed by atoms with van der Waals surface area (Å²) in [4.78, 5) is 0. The van der Waals surface area contributed by atoms with Gasteiger partial charge in [-0.05, 0) is 24.1 Å².